The van der Waals surface area contributed by atoms with Crippen LogP contribution < -0.4 is 14.8 Å². The largest absolute Gasteiger partial charge is 0.493 e. The summed E-state index contributed by atoms with van der Waals surface area (Å²) in [6, 6.07) is 7.59. The van der Waals surface area contributed by atoms with E-state index in [9.17, 15) is 14.4 Å². The van der Waals surface area contributed by atoms with Gasteiger partial charge in [-0.25, -0.2) is 0 Å². The smallest absolute Gasteiger partial charge is 0.253 e. The summed E-state index contributed by atoms with van der Waals surface area (Å²) in [5.74, 6) is 2.00. The zero-order chi connectivity index (χ0) is 28.1. The molecular formula is C31H40N4O5. The number of piperidine rings is 2. The number of carbonyl (C=O) groups excluding carboxylic acids is 3. The Kier molecular flexibility index (Phi) is 8.87. The highest BCUT2D eigenvalue weighted by atomic mass is 16.5. The van der Waals surface area contributed by atoms with Crippen LogP contribution in [0.4, 0.5) is 0 Å². The molecule has 9 heteroatoms. The summed E-state index contributed by atoms with van der Waals surface area (Å²) in [6.45, 7) is 2.51. The van der Waals surface area contributed by atoms with Crippen LogP contribution >= 0.6 is 0 Å². The highest BCUT2D eigenvalue weighted by molar-refractivity contribution is 5.94. The predicted octanol–water partition coefficient (Wildman–Crippen LogP) is 3.25. The maximum Gasteiger partial charge on any atom is 0.253 e. The summed E-state index contributed by atoms with van der Waals surface area (Å²) in [7, 11) is 3.26. The van der Waals surface area contributed by atoms with E-state index in [2.05, 4.69) is 21.3 Å². The van der Waals surface area contributed by atoms with Crippen molar-refractivity contribution in [2.75, 3.05) is 40.4 Å². The molecule has 4 bridgehead atoms. The summed E-state index contributed by atoms with van der Waals surface area (Å²) in [5.41, 5.74) is 2.71. The monoisotopic (exact) mass is 548 g/mol. The van der Waals surface area contributed by atoms with Gasteiger partial charge in [0.1, 0.15) is 0 Å². The third-order valence-corrected chi connectivity index (χ3v) is 8.60. The van der Waals surface area contributed by atoms with Gasteiger partial charge in [0, 0.05) is 63.0 Å². The third kappa shape index (κ3) is 6.24. The first-order valence-corrected chi connectivity index (χ1v) is 14.5. The first-order chi connectivity index (χ1) is 19.5. The molecule has 1 N–H and O–H groups in total. The number of carbonyl (C=O) groups is 3. The SMILES string of the molecule is COc1cc2cc(c1OC)CCCNC(=O)CCC[C@H]1[C@@H]3C[C@@H](CN(C(=O)c4ccncc4)C3)CN1C(=O)CC2. The molecule has 2 saturated heterocycles. The Morgan fingerprint density at radius 1 is 0.975 bits per heavy atom. The van der Waals surface area contributed by atoms with Crippen LogP contribution in [0.15, 0.2) is 36.7 Å². The standard InChI is InChI=1S/C31H40N4O5/c1-39-27-17-21-8-9-29(37)35-19-22-16-25(20-34(18-22)31(38)23-10-13-32-14-11-23)26(35)6-3-7-28(36)33-12-4-5-24(15-21)30(27)40-2/h10-11,13-15,17,22,25-26H,3-9,12,16,18-20H2,1-2H3,(H,33,36)/t22-,25+,26-/m0/s1. The quantitative estimate of drug-likeness (QED) is 0.632. The third-order valence-electron chi connectivity index (χ3n) is 8.60. The molecule has 4 heterocycles. The van der Waals surface area contributed by atoms with Crippen molar-refractivity contribution in [3.05, 3.63) is 53.3 Å². The van der Waals surface area contributed by atoms with Crippen molar-refractivity contribution in [1.29, 1.82) is 0 Å². The average Bonchev–Trinajstić information content (AvgIpc) is 2.98. The maximum atomic E-state index is 13.7. The topological polar surface area (TPSA) is 101 Å². The molecule has 0 saturated carbocycles. The van der Waals surface area contributed by atoms with Gasteiger partial charge in [0.25, 0.3) is 5.91 Å². The highest BCUT2D eigenvalue weighted by Gasteiger charge is 2.43. The zero-order valence-corrected chi connectivity index (χ0v) is 23.6. The van der Waals surface area contributed by atoms with Gasteiger partial charge in [0.2, 0.25) is 11.8 Å². The van der Waals surface area contributed by atoms with Crippen LogP contribution in [-0.2, 0) is 22.4 Å². The van der Waals surface area contributed by atoms with Gasteiger partial charge in [0.05, 0.1) is 14.2 Å². The van der Waals surface area contributed by atoms with E-state index in [1.807, 2.05) is 11.0 Å². The van der Waals surface area contributed by atoms with E-state index in [1.54, 1.807) is 38.7 Å². The lowest BCUT2D eigenvalue weighted by Gasteiger charge is -2.51. The van der Waals surface area contributed by atoms with Gasteiger partial charge in [0.15, 0.2) is 11.5 Å². The van der Waals surface area contributed by atoms with Crippen molar-refractivity contribution < 1.29 is 23.9 Å². The molecule has 214 valence electrons. The average molecular weight is 549 g/mol. The van der Waals surface area contributed by atoms with Gasteiger partial charge in [-0.15, -0.1) is 0 Å². The van der Waals surface area contributed by atoms with E-state index in [4.69, 9.17) is 9.47 Å². The molecule has 2 fully saturated rings. The lowest BCUT2D eigenvalue weighted by Crippen LogP contribution is -2.60. The van der Waals surface area contributed by atoms with Crippen LogP contribution in [0.25, 0.3) is 0 Å². The summed E-state index contributed by atoms with van der Waals surface area (Å²) >= 11 is 0. The first-order valence-electron chi connectivity index (χ1n) is 14.5. The minimum absolute atomic E-state index is 0.0125. The zero-order valence-electron chi connectivity index (χ0n) is 23.6. The van der Waals surface area contributed by atoms with Gasteiger partial charge in [-0.3, -0.25) is 19.4 Å². The Hall–Kier alpha value is -3.62. The van der Waals surface area contributed by atoms with Crippen molar-refractivity contribution in [2.24, 2.45) is 11.8 Å². The number of nitrogens with zero attached hydrogens (tertiary/aromatic N) is 3. The Bertz CT molecular complexity index is 1220. The van der Waals surface area contributed by atoms with Crippen LogP contribution in [0, 0.1) is 11.8 Å². The molecule has 0 radical (unpaired) electrons. The van der Waals surface area contributed by atoms with E-state index >= 15 is 0 Å². The van der Waals surface area contributed by atoms with Crippen LogP contribution in [0.2, 0.25) is 0 Å². The van der Waals surface area contributed by atoms with Gasteiger partial charge in [-0.1, -0.05) is 6.07 Å². The Morgan fingerprint density at radius 3 is 2.58 bits per heavy atom. The van der Waals surface area contributed by atoms with E-state index in [-0.39, 0.29) is 35.6 Å². The molecule has 3 aliphatic heterocycles. The summed E-state index contributed by atoms with van der Waals surface area (Å²) in [6.07, 6.45) is 8.75. The van der Waals surface area contributed by atoms with Crippen molar-refractivity contribution in [3.63, 3.8) is 0 Å². The number of pyridine rings is 1. The molecule has 1 aromatic heterocycles. The van der Waals surface area contributed by atoms with Crippen LogP contribution in [0.3, 0.4) is 0 Å². The molecule has 2 aromatic rings. The minimum Gasteiger partial charge on any atom is -0.493 e. The molecular weight excluding hydrogens is 508 g/mol. The number of rotatable bonds is 3. The summed E-state index contributed by atoms with van der Waals surface area (Å²) < 4.78 is 11.3. The van der Waals surface area contributed by atoms with E-state index < -0.39 is 0 Å². The number of methoxy groups -OCH3 is 2. The van der Waals surface area contributed by atoms with Gasteiger partial charge in [-0.2, -0.15) is 0 Å². The number of likely N-dealkylation sites (tertiary alicyclic amines) is 1. The van der Waals surface area contributed by atoms with E-state index in [0.717, 1.165) is 36.8 Å². The van der Waals surface area contributed by atoms with Crippen LogP contribution in [-0.4, -0.2) is 78.9 Å². The second kappa shape index (κ2) is 12.7. The summed E-state index contributed by atoms with van der Waals surface area (Å²) in [4.78, 5) is 47.7. The molecule has 1 aromatic carbocycles. The van der Waals surface area contributed by atoms with Crippen LogP contribution in [0.5, 0.6) is 11.5 Å². The van der Waals surface area contributed by atoms with Gasteiger partial charge >= 0.3 is 0 Å². The number of aromatic nitrogens is 1. The lowest BCUT2D eigenvalue weighted by molar-refractivity contribution is -0.140. The fraction of sp³-hybridized carbons (Fsp3) is 0.548. The molecule has 0 unspecified atom stereocenters. The Morgan fingerprint density at radius 2 is 1.80 bits per heavy atom. The molecule has 9 nitrogen and oxygen atoms in total. The predicted molar refractivity (Wildman–Crippen MR) is 150 cm³/mol. The fourth-order valence-corrected chi connectivity index (χ4v) is 6.74. The number of fused-ring (bicyclic) bond motifs is 6. The second-order valence-electron chi connectivity index (χ2n) is 11.3. The molecule has 3 atom stereocenters. The van der Waals surface area contributed by atoms with Gasteiger partial charge in [-0.05, 0) is 79.7 Å². The maximum absolute atomic E-state index is 13.7. The van der Waals surface area contributed by atoms with Crippen molar-refractivity contribution in [2.45, 2.75) is 57.4 Å². The summed E-state index contributed by atoms with van der Waals surface area (Å²) in [5, 5.41) is 3.05. The van der Waals surface area contributed by atoms with Crippen LogP contribution in [0.1, 0.15) is 60.0 Å². The molecule has 40 heavy (non-hydrogen) atoms. The normalized spacial score (nSPS) is 24.1. The van der Waals surface area contributed by atoms with Gasteiger partial charge < -0.3 is 24.6 Å². The first kappa shape index (κ1) is 27.9. The lowest BCUT2D eigenvalue weighted by atomic mass is 9.77. The molecule has 5 rings (SSSR count). The highest BCUT2D eigenvalue weighted by Crippen LogP contribution is 2.37. The second-order valence-corrected chi connectivity index (χ2v) is 11.3. The number of amides is 3. The Balaban J connectivity index is 1.37. The van der Waals surface area contributed by atoms with E-state index in [0.29, 0.717) is 68.9 Å². The number of nitrogens with one attached hydrogen (secondary N) is 1. The number of aryl methyl sites for hydroxylation is 2. The van der Waals surface area contributed by atoms with E-state index in [1.165, 1.54) is 0 Å². The molecule has 0 aliphatic carbocycles. The number of hydrogen-bond donors (Lipinski definition) is 1. The fourth-order valence-electron chi connectivity index (χ4n) is 6.74. The number of hydrogen-bond acceptors (Lipinski definition) is 6. The Labute approximate surface area is 236 Å². The molecule has 0 spiro atoms. The molecule has 3 amide bonds. The van der Waals surface area contributed by atoms with Crippen molar-refractivity contribution in [1.82, 2.24) is 20.1 Å². The van der Waals surface area contributed by atoms with Crippen molar-refractivity contribution >= 4 is 17.7 Å². The molecule has 3 aliphatic rings. The minimum atomic E-state index is 0.0125. The number of ether oxygens (including phenoxy) is 2. The van der Waals surface area contributed by atoms with Crippen molar-refractivity contribution in [3.8, 4) is 11.5 Å². The number of benzene rings is 1.